The third-order valence-electron chi connectivity index (χ3n) is 6.35. The molecule has 4 rings (SSSR count). The van der Waals surface area contributed by atoms with Crippen LogP contribution < -0.4 is 27.1 Å². The van der Waals surface area contributed by atoms with Gasteiger partial charge in [-0.15, -0.1) is 0 Å². The molecule has 0 aliphatic carbocycles. The van der Waals surface area contributed by atoms with Crippen LogP contribution in [0.4, 0.5) is 18.0 Å². The summed E-state index contributed by atoms with van der Waals surface area (Å²) in [5.74, 6) is -3.49. The van der Waals surface area contributed by atoms with Gasteiger partial charge in [0.2, 0.25) is 0 Å². The highest BCUT2D eigenvalue weighted by Crippen LogP contribution is 2.22. The number of carbonyl (C=O) groups is 1. The Balaban J connectivity index is 1.96. The molecule has 0 saturated carbocycles. The van der Waals surface area contributed by atoms with Gasteiger partial charge in [0.1, 0.15) is 17.2 Å². The summed E-state index contributed by atoms with van der Waals surface area (Å²) in [5.41, 5.74) is -5.48. The van der Waals surface area contributed by atoms with Crippen LogP contribution in [0.2, 0.25) is 0 Å². The van der Waals surface area contributed by atoms with E-state index in [1.807, 2.05) is 0 Å². The Morgan fingerprint density at radius 1 is 0.837 bits per heavy atom. The summed E-state index contributed by atoms with van der Waals surface area (Å²) in [4.78, 5) is 53.9. The molecule has 0 saturated heterocycles. The Labute approximate surface area is 243 Å². The number of nitrogens with one attached hydrogen (secondary N) is 1. The van der Waals surface area contributed by atoms with Crippen molar-refractivity contribution >= 4 is 6.09 Å². The Hall–Kier alpha value is -5.07. The molecule has 10 nitrogen and oxygen atoms in total. The summed E-state index contributed by atoms with van der Waals surface area (Å²) in [7, 11) is 1.18. The van der Waals surface area contributed by atoms with Crippen molar-refractivity contribution in [2.75, 3.05) is 7.11 Å². The second-order valence-corrected chi connectivity index (χ2v) is 10.5. The van der Waals surface area contributed by atoms with Crippen LogP contribution in [0.1, 0.15) is 37.9 Å². The second-order valence-electron chi connectivity index (χ2n) is 10.5. The number of alkyl carbamates (subject to hydrolysis) is 1. The number of nitrogens with zero attached hydrogens (tertiary/aromatic N) is 3. The van der Waals surface area contributed by atoms with E-state index in [0.717, 1.165) is 24.3 Å². The number of aromatic nitrogens is 3. The van der Waals surface area contributed by atoms with Crippen molar-refractivity contribution in [2.24, 2.45) is 0 Å². The molecule has 3 aromatic carbocycles. The van der Waals surface area contributed by atoms with E-state index in [2.05, 4.69) is 5.32 Å². The van der Waals surface area contributed by atoms with E-state index in [4.69, 9.17) is 9.47 Å². The highest BCUT2D eigenvalue weighted by Gasteiger charge is 2.26. The molecule has 1 heterocycles. The zero-order valence-electron chi connectivity index (χ0n) is 23.8. The van der Waals surface area contributed by atoms with E-state index in [9.17, 15) is 28.0 Å². The van der Waals surface area contributed by atoms with Gasteiger partial charge < -0.3 is 14.8 Å². The minimum atomic E-state index is -1.35. The summed E-state index contributed by atoms with van der Waals surface area (Å²) < 4.78 is 56.3. The quantitative estimate of drug-likeness (QED) is 0.329. The van der Waals surface area contributed by atoms with E-state index >= 15 is 4.39 Å². The Morgan fingerprint density at radius 2 is 1.44 bits per heavy atom. The van der Waals surface area contributed by atoms with Crippen molar-refractivity contribution in [1.29, 1.82) is 0 Å². The molecular formula is C30H29F3N4O6. The number of hydrogen-bond donors (Lipinski definition) is 1. The van der Waals surface area contributed by atoms with Crippen molar-refractivity contribution in [3.63, 3.8) is 0 Å². The maximum atomic E-state index is 15.4. The molecule has 226 valence electrons. The van der Waals surface area contributed by atoms with Gasteiger partial charge in [-0.2, -0.15) is 0 Å². The van der Waals surface area contributed by atoms with Gasteiger partial charge in [0.05, 0.1) is 31.9 Å². The number of halogens is 3. The average Bonchev–Trinajstić information content (AvgIpc) is 2.94. The maximum absolute atomic E-state index is 15.4. The standard InChI is InChI=1S/C30H29F3N4O6/c1-30(2,3)43-26(38)34-22(18-10-6-5-7-11-18)17-36-27(39)35(16-19-20(31)12-8-13-21(19)32)28(40)37(29(36)41)23-14-9-15-24(42-4)25(23)33/h5-15,22H,16-17H2,1-4H3,(H,34,38). The first-order chi connectivity index (χ1) is 20.3. The van der Waals surface area contributed by atoms with Crippen LogP contribution in [0.25, 0.3) is 5.69 Å². The SMILES string of the molecule is COc1cccc(-n2c(=O)n(Cc3c(F)cccc3F)c(=O)n(CC(NC(=O)OC(C)(C)C)c3ccccc3)c2=O)c1F. The number of ether oxygens (including phenoxy) is 2. The van der Waals surface area contributed by atoms with E-state index in [-0.39, 0.29) is 5.75 Å². The zero-order valence-corrected chi connectivity index (χ0v) is 23.8. The first-order valence-corrected chi connectivity index (χ1v) is 13.1. The van der Waals surface area contributed by atoms with Crippen molar-refractivity contribution < 1.29 is 27.4 Å². The normalized spacial score (nSPS) is 12.1. The predicted octanol–water partition coefficient (Wildman–Crippen LogP) is 3.90. The Kier molecular flexibility index (Phi) is 8.93. The van der Waals surface area contributed by atoms with Gasteiger partial charge in [-0.1, -0.05) is 42.5 Å². The largest absolute Gasteiger partial charge is 0.494 e. The van der Waals surface area contributed by atoms with Crippen LogP contribution in [0.5, 0.6) is 5.75 Å². The van der Waals surface area contributed by atoms with Crippen molar-refractivity contribution in [3.8, 4) is 11.4 Å². The number of methoxy groups -OCH3 is 1. The fourth-order valence-corrected chi connectivity index (χ4v) is 4.35. The molecular weight excluding hydrogens is 569 g/mol. The minimum absolute atomic E-state index is 0.304. The van der Waals surface area contributed by atoms with Crippen LogP contribution in [-0.4, -0.2) is 32.5 Å². The lowest BCUT2D eigenvalue weighted by Gasteiger charge is -2.25. The van der Waals surface area contributed by atoms with Gasteiger partial charge >= 0.3 is 23.2 Å². The molecule has 0 radical (unpaired) electrons. The topological polar surface area (TPSA) is 114 Å². The number of hydrogen-bond acceptors (Lipinski definition) is 6. The highest BCUT2D eigenvalue weighted by molar-refractivity contribution is 5.68. The number of benzene rings is 3. The molecule has 13 heteroatoms. The molecule has 0 aliphatic heterocycles. The Bertz CT molecular complexity index is 1810. The van der Waals surface area contributed by atoms with Gasteiger partial charge in [0, 0.05) is 5.56 Å². The fraction of sp³-hybridized carbons (Fsp3) is 0.267. The van der Waals surface area contributed by atoms with Gasteiger partial charge in [-0.25, -0.2) is 46.1 Å². The third kappa shape index (κ3) is 6.71. The van der Waals surface area contributed by atoms with Gasteiger partial charge in [0.15, 0.2) is 11.6 Å². The van der Waals surface area contributed by atoms with E-state index < -0.39 is 76.6 Å². The van der Waals surface area contributed by atoms with Crippen LogP contribution in [0, 0.1) is 17.5 Å². The smallest absolute Gasteiger partial charge is 0.408 e. The minimum Gasteiger partial charge on any atom is -0.494 e. The lowest BCUT2D eigenvalue weighted by molar-refractivity contribution is 0.0497. The number of carbonyl (C=O) groups excluding carboxylic acids is 1. The number of rotatable bonds is 8. The first kappa shape index (κ1) is 30.9. The number of amides is 1. The fourth-order valence-electron chi connectivity index (χ4n) is 4.35. The lowest BCUT2D eigenvalue weighted by Crippen LogP contribution is -2.55. The zero-order chi connectivity index (χ0) is 31.5. The highest BCUT2D eigenvalue weighted by atomic mass is 19.1. The molecule has 0 spiro atoms. The monoisotopic (exact) mass is 598 g/mol. The third-order valence-corrected chi connectivity index (χ3v) is 6.35. The maximum Gasteiger partial charge on any atom is 0.408 e. The van der Waals surface area contributed by atoms with E-state index in [1.165, 1.54) is 19.2 Å². The van der Waals surface area contributed by atoms with Crippen molar-refractivity contribution in [3.05, 3.63) is 127 Å². The first-order valence-electron chi connectivity index (χ1n) is 13.1. The molecule has 1 aromatic heterocycles. The predicted molar refractivity (Wildman–Crippen MR) is 151 cm³/mol. The van der Waals surface area contributed by atoms with Gasteiger partial charge in [-0.05, 0) is 50.6 Å². The molecule has 43 heavy (non-hydrogen) atoms. The molecule has 0 fully saturated rings. The summed E-state index contributed by atoms with van der Waals surface area (Å²) in [6, 6.07) is 13.9. The average molecular weight is 599 g/mol. The van der Waals surface area contributed by atoms with Crippen LogP contribution in [0.3, 0.4) is 0 Å². The Morgan fingerprint density at radius 3 is 2.05 bits per heavy atom. The van der Waals surface area contributed by atoms with Gasteiger partial charge in [0.25, 0.3) is 0 Å². The summed E-state index contributed by atoms with van der Waals surface area (Å²) in [6.07, 6.45) is -0.865. The molecule has 0 bridgehead atoms. The molecule has 1 atom stereocenters. The second kappa shape index (κ2) is 12.4. The van der Waals surface area contributed by atoms with Crippen LogP contribution >= 0.6 is 0 Å². The van der Waals surface area contributed by atoms with Crippen LogP contribution in [-0.2, 0) is 17.8 Å². The molecule has 1 N–H and O–H groups in total. The molecule has 1 unspecified atom stereocenters. The van der Waals surface area contributed by atoms with Crippen molar-refractivity contribution in [1.82, 2.24) is 19.0 Å². The van der Waals surface area contributed by atoms with Gasteiger partial charge in [-0.3, -0.25) is 0 Å². The summed E-state index contributed by atoms with van der Waals surface area (Å²) >= 11 is 0. The molecule has 1 amide bonds. The summed E-state index contributed by atoms with van der Waals surface area (Å²) in [6.45, 7) is 3.46. The van der Waals surface area contributed by atoms with Crippen molar-refractivity contribution in [2.45, 2.75) is 45.5 Å². The van der Waals surface area contributed by atoms with E-state index in [1.54, 1.807) is 51.1 Å². The molecule has 0 aliphatic rings. The summed E-state index contributed by atoms with van der Waals surface area (Å²) in [5, 5.41) is 2.61. The van der Waals surface area contributed by atoms with E-state index in [0.29, 0.717) is 19.3 Å². The van der Waals surface area contributed by atoms with Crippen LogP contribution in [0.15, 0.2) is 81.1 Å². The lowest BCUT2D eigenvalue weighted by atomic mass is 10.1. The molecule has 4 aromatic rings.